The number of ether oxygens (including phenoxy) is 1. The highest BCUT2D eigenvalue weighted by atomic mass is 16.5. The van der Waals surface area contributed by atoms with Crippen LogP contribution in [0.25, 0.3) is 16.9 Å². The molecule has 0 aliphatic heterocycles. The van der Waals surface area contributed by atoms with Crippen LogP contribution < -0.4 is 5.32 Å². The number of nitrogens with zero attached hydrogens (tertiary/aromatic N) is 3. The summed E-state index contributed by atoms with van der Waals surface area (Å²) in [6.07, 6.45) is 4.80. The normalized spacial score (nSPS) is 11.0. The Balaban J connectivity index is 1.59. The number of nitrogens with one attached hydrogen (secondary N) is 1. The van der Waals surface area contributed by atoms with Crippen molar-refractivity contribution >= 4 is 17.2 Å². The first-order chi connectivity index (χ1) is 13.2. The van der Waals surface area contributed by atoms with Gasteiger partial charge in [0, 0.05) is 30.3 Å². The highest BCUT2D eigenvalue weighted by Gasteiger charge is 2.15. The molecule has 27 heavy (non-hydrogen) atoms. The average molecular weight is 362 g/mol. The Bertz CT molecular complexity index is 1080. The minimum absolute atomic E-state index is 0.215. The Morgan fingerprint density at radius 1 is 1.26 bits per heavy atom. The Hall–Kier alpha value is -3.45. The first-order valence-corrected chi connectivity index (χ1v) is 8.42. The van der Waals surface area contributed by atoms with Crippen LogP contribution >= 0.6 is 0 Å². The number of oxazole rings is 1. The lowest BCUT2D eigenvalue weighted by Crippen LogP contribution is -2.12. The Kier molecular flexibility index (Phi) is 4.43. The Morgan fingerprint density at radius 2 is 2.07 bits per heavy atom. The molecule has 4 rings (SSSR count). The molecule has 0 bridgehead atoms. The molecule has 7 nitrogen and oxygen atoms in total. The summed E-state index contributed by atoms with van der Waals surface area (Å²) >= 11 is 0. The third-order valence-electron chi connectivity index (χ3n) is 4.27. The third kappa shape index (κ3) is 3.32. The van der Waals surface area contributed by atoms with Crippen molar-refractivity contribution in [1.29, 1.82) is 0 Å². The van der Waals surface area contributed by atoms with Gasteiger partial charge in [0.25, 0.3) is 5.91 Å². The SMILES string of the molecule is COCc1cc(C)n2ccc(C(=O)Nc3ccc(-c4cocn4)cc3)c2n1. The van der Waals surface area contributed by atoms with Crippen molar-refractivity contribution in [2.24, 2.45) is 0 Å². The van der Waals surface area contributed by atoms with Crippen molar-refractivity contribution in [2.45, 2.75) is 13.5 Å². The molecule has 0 radical (unpaired) electrons. The number of aryl methyl sites for hydroxylation is 1. The highest BCUT2D eigenvalue weighted by molar-refractivity contribution is 6.08. The second-order valence-electron chi connectivity index (χ2n) is 6.15. The minimum Gasteiger partial charge on any atom is -0.451 e. The molecule has 0 saturated carbocycles. The van der Waals surface area contributed by atoms with Gasteiger partial charge in [0.1, 0.15) is 17.6 Å². The number of methoxy groups -OCH3 is 1. The van der Waals surface area contributed by atoms with Crippen molar-refractivity contribution in [1.82, 2.24) is 14.4 Å². The van der Waals surface area contributed by atoms with Gasteiger partial charge in [-0.1, -0.05) is 12.1 Å². The summed E-state index contributed by atoms with van der Waals surface area (Å²) < 4.78 is 12.0. The second kappa shape index (κ2) is 7.05. The third-order valence-corrected chi connectivity index (χ3v) is 4.27. The molecule has 136 valence electrons. The summed E-state index contributed by atoms with van der Waals surface area (Å²) in [5, 5.41) is 2.91. The van der Waals surface area contributed by atoms with E-state index in [0.29, 0.717) is 23.5 Å². The van der Waals surface area contributed by atoms with E-state index in [1.165, 1.54) is 6.39 Å². The summed E-state index contributed by atoms with van der Waals surface area (Å²) in [6, 6.07) is 11.1. The topological polar surface area (TPSA) is 81.7 Å². The number of anilines is 1. The van der Waals surface area contributed by atoms with Gasteiger partial charge in [-0.2, -0.15) is 0 Å². The maximum absolute atomic E-state index is 12.8. The molecule has 7 heteroatoms. The van der Waals surface area contributed by atoms with Crippen LogP contribution in [0.2, 0.25) is 0 Å². The summed E-state index contributed by atoms with van der Waals surface area (Å²) in [6.45, 7) is 2.37. The molecule has 3 aromatic heterocycles. The number of fused-ring (bicyclic) bond motifs is 1. The molecule has 0 unspecified atom stereocenters. The molecule has 0 saturated heterocycles. The van der Waals surface area contributed by atoms with Crippen molar-refractivity contribution < 1.29 is 13.9 Å². The summed E-state index contributed by atoms with van der Waals surface area (Å²) in [5.74, 6) is -0.215. The van der Waals surface area contributed by atoms with E-state index >= 15 is 0 Å². The second-order valence-corrected chi connectivity index (χ2v) is 6.15. The first-order valence-electron chi connectivity index (χ1n) is 8.42. The van der Waals surface area contributed by atoms with Gasteiger partial charge in [-0.3, -0.25) is 4.79 Å². The number of carbonyl (C=O) groups is 1. The molecule has 1 amide bonds. The molecule has 4 aromatic rings. The first kappa shape index (κ1) is 17.0. The number of aromatic nitrogens is 3. The molecule has 0 fully saturated rings. The Morgan fingerprint density at radius 3 is 2.78 bits per heavy atom. The van der Waals surface area contributed by atoms with Gasteiger partial charge in [-0.05, 0) is 31.2 Å². The number of benzene rings is 1. The van der Waals surface area contributed by atoms with Crippen LogP contribution in [0.5, 0.6) is 0 Å². The summed E-state index contributed by atoms with van der Waals surface area (Å²) in [5.41, 5.74) is 5.25. The summed E-state index contributed by atoms with van der Waals surface area (Å²) in [4.78, 5) is 21.4. The van der Waals surface area contributed by atoms with Gasteiger partial charge in [0.2, 0.25) is 0 Å². The van der Waals surface area contributed by atoms with Gasteiger partial charge in [0.15, 0.2) is 6.39 Å². The van der Waals surface area contributed by atoms with Crippen LogP contribution in [0.3, 0.4) is 0 Å². The highest BCUT2D eigenvalue weighted by Crippen LogP contribution is 2.21. The number of hydrogen-bond donors (Lipinski definition) is 1. The van der Waals surface area contributed by atoms with E-state index in [1.54, 1.807) is 19.4 Å². The van der Waals surface area contributed by atoms with Crippen LogP contribution in [-0.4, -0.2) is 27.4 Å². The molecular formula is C20H18N4O3. The smallest absolute Gasteiger partial charge is 0.259 e. The van der Waals surface area contributed by atoms with Crippen molar-refractivity contribution in [3.63, 3.8) is 0 Å². The standard InChI is InChI=1S/C20H18N4O3/c1-13-9-16(10-26-2)22-19-17(7-8-24(13)19)20(25)23-15-5-3-14(4-6-15)18-11-27-12-21-18/h3-9,11-12H,10H2,1-2H3,(H,23,25). The molecule has 0 spiro atoms. The average Bonchev–Trinajstić information content (AvgIpc) is 3.32. The molecule has 3 heterocycles. The van der Waals surface area contributed by atoms with Gasteiger partial charge in [-0.15, -0.1) is 0 Å². The molecule has 0 aliphatic rings. The van der Waals surface area contributed by atoms with Gasteiger partial charge < -0.3 is 18.9 Å². The van der Waals surface area contributed by atoms with Crippen LogP contribution in [0, 0.1) is 6.92 Å². The van der Waals surface area contributed by atoms with Crippen LogP contribution in [0.4, 0.5) is 5.69 Å². The zero-order valence-corrected chi connectivity index (χ0v) is 15.0. The number of amides is 1. The zero-order chi connectivity index (χ0) is 18.8. The number of rotatable bonds is 5. The predicted molar refractivity (Wildman–Crippen MR) is 101 cm³/mol. The van der Waals surface area contributed by atoms with Crippen LogP contribution in [0.1, 0.15) is 21.7 Å². The van der Waals surface area contributed by atoms with Crippen LogP contribution in [-0.2, 0) is 11.3 Å². The molecule has 0 aliphatic carbocycles. The van der Waals surface area contributed by atoms with Gasteiger partial charge in [-0.25, -0.2) is 9.97 Å². The van der Waals surface area contributed by atoms with E-state index in [0.717, 1.165) is 22.6 Å². The summed E-state index contributed by atoms with van der Waals surface area (Å²) in [7, 11) is 1.62. The lowest BCUT2D eigenvalue weighted by atomic mass is 10.1. The monoisotopic (exact) mass is 362 g/mol. The fourth-order valence-electron chi connectivity index (χ4n) is 2.98. The lowest BCUT2D eigenvalue weighted by molar-refractivity contribution is 0.102. The van der Waals surface area contributed by atoms with E-state index in [4.69, 9.17) is 9.15 Å². The fourth-order valence-corrected chi connectivity index (χ4v) is 2.98. The maximum atomic E-state index is 12.8. The fraction of sp³-hybridized carbons (Fsp3) is 0.150. The van der Waals surface area contributed by atoms with E-state index in [-0.39, 0.29) is 5.91 Å². The van der Waals surface area contributed by atoms with Crippen LogP contribution in [0.15, 0.2) is 59.7 Å². The quantitative estimate of drug-likeness (QED) is 0.585. The minimum atomic E-state index is -0.215. The predicted octanol–water partition coefficient (Wildman–Crippen LogP) is 3.70. The van der Waals surface area contributed by atoms with Gasteiger partial charge >= 0.3 is 0 Å². The van der Waals surface area contributed by atoms with E-state index in [9.17, 15) is 4.79 Å². The molecule has 0 atom stereocenters. The van der Waals surface area contributed by atoms with E-state index < -0.39 is 0 Å². The maximum Gasteiger partial charge on any atom is 0.259 e. The largest absolute Gasteiger partial charge is 0.451 e. The molecular weight excluding hydrogens is 344 g/mol. The van der Waals surface area contributed by atoms with Gasteiger partial charge in [0.05, 0.1) is 17.9 Å². The van der Waals surface area contributed by atoms with Crippen molar-refractivity contribution in [3.05, 3.63) is 72.2 Å². The lowest BCUT2D eigenvalue weighted by Gasteiger charge is -2.08. The number of carbonyl (C=O) groups excluding carboxylic acids is 1. The molecule has 1 N–H and O–H groups in total. The number of hydrogen-bond acceptors (Lipinski definition) is 5. The van der Waals surface area contributed by atoms with Crippen molar-refractivity contribution in [3.8, 4) is 11.3 Å². The molecule has 1 aromatic carbocycles. The van der Waals surface area contributed by atoms with E-state index in [2.05, 4.69) is 15.3 Å². The Labute approximate surface area is 155 Å². The zero-order valence-electron chi connectivity index (χ0n) is 15.0. The van der Waals surface area contributed by atoms with E-state index in [1.807, 2.05) is 47.9 Å². The van der Waals surface area contributed by atoms with Crippen molar-refractivity contribution in [2.75, 3.05) is 12.4 Å².